The first-order valence-corrected chi connectivity index (χ1v) is 10.6. The minimum Gasteiger partial charge on any atom is -0.496 e. The molecule has 1 aliphatic heterocycles. The lowest BCUT2D eigenvalue weighted by molar-refractivity contribution is -0.132. The van der Waals surface area contributed by atoms with Crippen LogP contribution in [0.2, 0.25) is 0 Å². The second kappa shape index (κ2) is 9.76. The van der Waals surface area contributed by atoms with Crippen molar-refractivity contribution in [1.82, 2.24) is 15.1 Å². The lowest BCUT2D eigenvalue weighted by Crippen LogP contribution is -2.50. The van der Waals surface area contributed by atoms with Crippen LogP contribution in [0.25, 0.3) is 0 Å². The topological polar surface area (TPSA) is 102 Å². The van der Waals surface area contributed by atoms with Crippen LogP contribution in [0, 0.1) is 19.8 Å². The van der Waals surface area contributed by atoms with E-state index >= 15 is 0 Å². The first-order valence-electron chi connectivity index (χ1n) is 10.6. The number of aryl methyl sites for hydroxylation is 1. The van der Waals surface area contributed by atoms with Crippen LogP contribution in [0.1, 0.15) is 40.5 Å². The van der Waals surface area contributed by atoms with Crippen LogP contribution in [0.5, 0.6) is 5.75 Å². The molecule has 0 saturated carbocycles. The molecule has 1 aromatic carbocycles. The molecule has 1 unspecified atom stereocenters. The van der Waals surface area contributed by atoms with Gasteiger partial charge in [0.25, 0.3) is 5.91 Å². The number of hydrogen-bond donors (Lipinski definition) is 1. The smallest absolute Gasteiger partial charge is 0.252 e. The maximum Gasteiger partial charge on any atom is 0.252 e. The van der Waals surface area contributed by atoms with Crippen molar-refractivity contribution < 1.29 is 14.3 Å². The first-order chi connectivity index (χ1) is 14.8. The van der Waals surface area contributed by atoms with Gasteiger partial charge in [0.1, 0.15) is 5.75 Å². The Hall–Kier alpha value is -3.16. The molecule has 0 radical (unpaired) electrons. The fourth-order valence-electron chi connectivity index (χ4n) is 4.03. The minimum absolute atomic E-state index is 0.142. The van der Waals surface area contributed by atoms with Crippen LogP contribution in [0.15, 0.2) is 24.3 Å². The highest BCUT2D eigenvalue weighted by atomic mass is 16.5. The van der Waals surface area contributed by atoms with Crippen molar-refractivity contribution in [3.05, 3.63) is 46.6 Å². The minimum atomic E-state index is -0.505. The summed E-state index contributed by atoms with van der Waals surface area (Å²) >= 11 is 0. The van der Waals surface area contributed by atoms with Crippen molar-refractivity contribution in [3.8, 4) is 5.75 Å². The molecule has 2 amide bonds. The molecule has 2 heterocycles. The molecule has 2 N–H and O–H groups in total. The summed E-state index contributed by atoms with van der Waals surface area (Å²) in [5.74, 6) is 1.20. The van der Waals surface area contributed by atoms with E-state index in [0.717, 1.165) is 23.3 Å². The van der Waals surface area contributed by atoms with Gasteiger partial charge < -0.3 is 20.3 Å². The van der Waals surface area contributed by atoms with E-state index in [2.05, 4.69) is 17.1 Å². The van der Waals surface area contributed by atoms with Crippen molar-refractivity contribution in [2.75, 3.05) is 38.2 Å². The predicted octanol–water partition coefficient (Wildman–Crippen LogP) is 2.12. The molecule has 1 aromatic heterocycles. The number of aromatic nitrogens is 2. The molecule has 1 saturated heterocycles. The number of ether oxygens (including phenoxy) is 1. The number of methoxy groups -OCH3 is 1. The fourth-order valence-corrected chi connectivity index (χ4v) is 4.03. The van der Waals surface area contributed by atoms with Crippen molar-refractivity contribution >= 4 is 17.6 Å². The van der Waals surface area contributed by atoms with Crippen molar-refractivity contribution in [2.45, 2.75) is 33.6 Å². The molecule has 8 heteroatoms. The van der Waals surface area contributed by atoms with Crippen molar-refractivity contribution in [3.63, 3.8) is 0 Å². The van der Waals surface area contributed by atoms with Gasteiger partial charge >= 0.3 is 0 Å². The number of para-hydroxylation sites is 1. The summed E-state index contributed by atoms with van der Waals surface area (Å²) in [7, 11) is 1.66. The van der Waals surface area contributed by atoms with Crippen LogP contribution < -0.4 is 15.4 Å². The number of nitrogens with two attached hydrogens (primary N) is 1. The van der Waals surface area contributed by atoms with Gasteiger partial charge in [0, 0.05) is 32.6 Å². The van der Waals surface area contributed by atoms with Crippen LogP contribution in [0.4, 0.5) is 5.82 Å². The number of rotatable bonds is 7. The molecule has 0 spiro atoms. The average Bonchev–Trinajstić information content (AvgIpc) is 2.75. The van der Waals surface area contributed by atoms with Gasteiger partial charge in [0.2, 0.25) is 5.91 Å². The summed E-state index contributed by atoms with van der Waals surface area (Å²) < 4.78 is 5.42. The number of benzene rings is 1. The quantitative estimate of drug-likeness (QED) is 0.729. The molecule has 0 bridgehead atoms. The third-order valence-electron chi connectivity index (χ3n) is 5.90. The molecule has 3 rings (SSSR count). The van der Waals surface area contributed by atoms with Crippen LogP contribution in [0.3, 0.4) is 0 Å². The first kappa shape index (κ1) is 22.5. The van der Waals surface area contributed by atoms with Gasteiger partial charge in [-0.05, 0) is 43.4 Å². The highest BCUT2D eigenvalue weighted by Crippen LogP contribution is 2.25. The van der Waals surface area contributed by atoms with E-state index in [4.69, 9.17) is 10.5 Å². The molecular formula is C23H31N5O3. The van der Waals surface area contributed by atoms with E-state index in [9.17, 15) is 9.59 Å². The van der Waals surface area contributed by atoms with E-state index in [-0.39, 0.29) is 11.8 Å². The molecule has 1 atom stereocenters. The number of nitrogens with zero attached hydrogens (tertiary/aromatic N) is 4. The molecule has 8 nitrogen and oxygen atoms in total. The summed E-state index contributed by atoms with van der Waals surface area (Å²) in [5.41, 5.74) is 8.57. The number of piperazine rings is 1. The molecule has 0 aliphatic carbocycles. The van der Waals surface area contributed by atoms with Gasteiger partial charge in [-0.3, -0.25) is 9.59 Å². The number of carbonyl (C=O) groups excluding carboxylic acids is 2. The molecular weight excluding hydrogens is 394 g/mol. The van der Waals surface area contributed by atoms with Crippen LogP contribution in [-0.4, -0.2) is 60.2 Å². The monoisotopic (exact) mass is 425 g/mol. The average molecular weight is 426 g/mol. The Morgan fingerprint density at radius 1 is 1.13 bits per heavy atom. The number of hydrogen-bond acceptors (Lipinski definition) is 6. The summed E-state index contributed by atoms with van der Waals surface area (Å²) in [4.78, 5) is 28.7. The molecule has 166 valence electrons. The maximum atomic E-state index is 12.8. The molecule has 1 aliphatic rings. The highest BCUT2D eigenvalue weighted by molar-refractivity contribution is 5.99. The van der Waals surface area contributed by atoms with E-state index in [1.807, 2.05) is 41.0 Å². The highest BCUT2D eigenvalue weighted by Gasteiger charge is 2.27. The number of primary amides is 1. The zero-order chi connectivity index (χ0) is 22.5. The Labute approximate surface area is 183 Å². The van der Waals surface area contributed by atoms with Crippen molar-refractivity contribution in [2.24, 2.45) is 11.7 Å². The largest absolute Gasteiger partial charge is 0.496 e. The molecule has 1 fully saturated rings. The maximum absolute atomic E-state index is 12.8. The number of anilines is 1. The Bertz CT molecular complexity index is 954. The van der Waals surface area contributed by atoms with Crippen LogP contribution >= 0.6 is 0 Å². The van der Waals surface area contributed by atoms with E-state index in [0.29, 0.717) is 49.7 Å². The number of amides is 2. The Morgan fingerprint density at radius 2 is 1.81 bits per heavy atom. The van der Waals surface area contributed by atoms with E-state index in [1.54, 1.807) is 14.0 Å². The standard InChI is InChI=1S/C23H31N5O3/c1-15(13-18-7-5-6-8-19(18)31-4)14-20(29)27-9-11-28(12-10-27)23-21(22(24)30)16(2)17(3)25-26-23/h5-8,15H,9-14H2,1-4H3,(H2,24,30). The third-order valence-corrected chi connectivity index (χ3v) is 5.90. The summed E-state index contributed by atoms with van der Waals surface area (Å²) in [6.45, 7) is 8.05. The Kier molecular flexibility index (Phi) is 7.09. The molecule has 31 heavy (non-hydrogen) atoms. The summed E-state index contributed by atoms with van der Waals surface area (Å²) in [5, 5.41) is 8.38. The number of carbonyl (C=O) groups is 2. The lowest BCUT2D eigenvalue weighted by atomic mass is 9.96. The third kappa shape index (κ3) is 5.13. The van der Waals surface area contributed by atoms with Gasteiger partial charge in [-0.2, -0.15) is 5.10 Å². The Morgan fingerprint density at radius 3 is 2.45 bits per heavy atom. The van der Waals surface area contributed by atoms with Gasteiger partial charge in [0.15, 0.2) is 5.82 Å². The summed E-state index contributed by atoms with van der Waals surface area (Å²) in [6, 6.07) is 7.92. The van der Waals surface area contributed by atoms with Gasteiger partial charge in [0.05, 0.1) is 18.4 Å². The van der Waals surface area contributed by atoms with E-state index < -0.39 is 5.91 Å². The molecule has 2 aromatic rings. The second-order valence-corrected chi connectivity index (χ2v) is 8.17. The van der Waals surface area contributed by atoms with E-state index in [1.165, 1.54) is 0 Å². The lowest BCUT2D eigenvalue weighted by Gasteiger charge is -2.36. The van der Waals surface area contributed by atoms with Gasteiger partial charge in [-0.15, -0.1) is 5.10 Å². The second-order valence-electron chi connectivity index (χ2n) is 8.17. The zero-order valence-electron chi connectivity index (χ0n) is 18.7. The normalized spacial score (nSPS) is 15.0. The Balaban J connectivity index is 1.59. The fraction of sp³-hybridized carbons (Fsp3) is 0.478. The van der Waals surface area contributed by atoms with Gasteiger partial charge in [-0.25, -0.2) is 0 Å². The SMILES string of the molecule is COc1ccccc1CC(C)CC(=O)N1CCN(c2nnc(C)c(C)c2C(N)=O)CC1. The predicted molar refractivity (Wildman–Crippen MR) is 119 cm³/mol. The van der Waals surface area contributed by atoms with Crippen LogP contribution in [-0.2, 0) is 11.2 Å². The van der Waals surface area contributed by atoms with Crippen molar-refractivity contribution in [1.29, 1.82) is 0 Å². The summed E-state index contributed by atoms with van der Waals surface area (Å²) in [6.07, 6.45) is 1.27. The van der Waals surface area contributed by atoms with Gasteiger partial charge in [-0.1, -0.05) is 25.1 Å². The zero-order valence-corrected chi connectivity index (χ0v) is 18.7.